The molecule has 1 aromatic carbocycles. The van der Waals surface area contributed by atoms with Gasteiger partial charge in [-0.2, -0.15) is 0 Å². The Morgan fingerprint density at radius 2 is 2.29 bits per heavy atom. The van der Waals surface area contributed by atoms with Gasteiger partial charge in [0.15, 0.2) is 0 Å². The summed E-state index contributed by atoms with van der Waals surface area (Å²) in [6, 6.07) is 6.86. The van der Waals surface area contributed by atoms with Crippen LogP contribution in [-0.4, -0.2) is 31.8 Å². The Labute approximate surface area is 129 Å². The van der Waals surface area contributed by atoms with Crippen molar-refractivity contribution in [3.63, 3.8) is 0 Å². The quantitative estimate of drug-likeness (QED) is 0.723. The maximum Gasteiger partial charge on any atom is 0.123 e. The van der Waals surface area contributed by atoms with E-state index in [4.69, 9.17) is 4.74 Å². The maximum absolute atomic E-state index is 13.3. The van der Waals surface area contributed by atoms with Crippen LogP contribution in [-0.2, 0) is 17.6 Å². The summed E-state index contributed by atoms with van der Waals surface area (Å²) in [7, 11) is 1.70. The Balaban J connectivity index is 1.93. The second kappa shape index (κ2) is 8.87. The molecule has 1 atom stereocenters. The van der Waals surface area contributed by atoms with Gasteiger partial charge in [-0.15, -0.1) is 11.3 Å². The third-order valence-electron chi connectivity index (χ3n) is 3.30. The maximum atomic E-state index is 13.3. The van der Waals surface area contributed by atoms with Crippen LogP contribution < -0.4 is 5.32 Å². The van der Waals surface area contributed by atoms with E-state index in [-0.39, 0.29) is 5.82 Å². The summed E-state index contributed by atoms with van der Waals surface area (Å²) in [6.45, 7) is 2.42. The lowest BCUT2D eigenvalue weighted by Gasteiger charge is -2.17. The van der Waals surface area contributed by atoms with Gasteiger partial charge in [0.2, 0.25) is 0 Å². The average molecular weight is 308 g/mol. The van der Waals surface area contributed by atoms with Crippen molar-refractivity contribution in [1.29, 1.82) is 0 Å². The summed E-state index contributed by atoms with van der Waals surface area (Å²) in [6.07, 6.45) is 3.73. The van der Waals surface area contributed by atoms with E-state index < -0.39 is 0 Å². The summed E-state index contributed by atoms with van der Waals surface area (Å²) >= 11 is 1.67. The Morgan fingerprint density at radius 3 is 3.00 bits per heavy atom. The number of rotatable bonds is 9. The van der Waals surface area contributed by atoms with Crippen molar-refractivity contribution in [1.82, 2.24) is 10.3 Å². The van der Waals surface area contributed by atoms with Gasteiger partial charge < -0.3 is 10.1 Å². The molecule has 2 aromatic rings. The number of ether oxygens (including phenoxy) is 1. The van der Waals surface area contributed by atoms with Crippen LogP contribution in [0.3, 0.4) is 0 Å². The van der Waals surface area contributed by atoms with Gasteiger partial charge in [0, 0.05) is 24.7 Å². The van der Waals surface area contributed by atoms with E-state index in [0.717, 1.165) is 31.5 Å². The van der Waals surface area contributed by atoms with Gasteiger partial charge in [-0.3, -0.25) is 4.98 Å². The smallest absolute Gasteiger partial charge is 0.123 e. The molecule has 1 unspecified atom stereocenters. The molecule has 1 heterocycles. The molecule has 5 heteroatoms. The highest BCUT2D eigenvalue weighted by Gasteiger charge is 2.12. The highest BCUT2D eigenvalue weighted by molar-refractivity contribution is 7.09. The number of thiazole rings is 1. The summed E-state index contributed by atoms with van der Waals surface area (Å²) in [5.74, 6) is 0.250. The van der Waals surface area contributed by atoms with Crippen molar-refractivity contribution in [2.24, 2.45) is 5.92 Å². The van der Waals surface area contributed by atoms with Crippen molar-refractivity contribution < 1.29 is 9.13 Å². The average Bonchev–Trinajstić information content (AvgIpc) is 2.96. The van der Waals surface area contributed by atoms with E-state index in [0.29, 0.717) is 12.5 Å². The molecule has 1 aromatic heterocycles. The summed E-state index contributed by atoms with van der Waals surface area (Å²) < 4.78 is 18.4. The van der Waals surface area contributed by atoms with Gasteiger partial charge in [-0.1, -0.05) is 12.1 Å². The molecule has 0 fully saturated rings. The van der Waals surface area contributed by atoms with Crippen LogP contribution in [0.1, 0.15) is 10.4 Å². The molecule has 114 valence electrons. The number of nitrogens with one attached hydrogen (secondary N) is 1. The molecule has 0 radical (unpaired) electrons. The molecule has 2 rings (SSSR count). The minimum absolute atomic E-state index is 0.170. The van der Waals surface area contributed by atoms with E-state index in [9.17, 15) is 4.39 Å². The second-order valence-corrected chi connectivity index (χ2v) is 6.04. The highest BCUT2D eigenvalue weighted by atomic mass is 32.1. The number of hydrogen-bond acceptors (Lipinski definition) is 4. The number of methoxy groups -OCH3 is 1. The fourth-order valence-electron chi connectivity index (χ4n) is 2.32. The molecule has 3 nitrogen and oxygen atoms in total. The third-order valence-corrected chi connectivity index (χ3v) is 4.10. The third kappa shape index (κ3) is 5.91. The van der Waals surface area contributed by atoms with Crippen LogP contribution in [0.2, 0.25) is 0 Å². The lowest BCUT2D eigenvalue weighted by atomic mass is 9.95. The van der Waals surface area contributed by atoms with Crippen LogP contribution >= 0.6 is 11.3 Å². The van der Waals surface area contributed by atoms with Gasteiger partial charge in [0.05, 0.1) is 12.1 Å². The minimum atomic E-state index is -0.170. The number of halogens is 1. The normalized spacial score (nSPS) is 12.5. The molecule has 1 N–H and O–H groups in total. The number of benzene rings is 1. The van der Waals surface area contributed by atoms with E-state index in [1.807, 2.05) is 17.8 Å². The molecular formula is C16H21FN2OS. The van der Waals surface area contributed by atoms with Crippen LogP contribution in [0.5, 0.6) is 0 Å². The van der Waals surface area contributed by atoms with Gasteiger partial charge in [0.25, 0.3) is 0 Å². The molecule has 0 aliphatic heterocycles. The number of aromatic nitrogens is 1. The second-order valence-electron chi connectivity index (χ2n) is 5.07. The Hall–Kier alpha value is -1.30. The number of hydrogen-bond donors (Lipinski definition) is 1. The van der Waals surface area contributed by atoms with Crippen LogP contribution in [0.25, 0.3) is 0 Å². The molecule has 0 saturated carbocycles. The first-order valence-electron chi connectivity index (χ1n) is 7.09. The van der Waals surface area contributed by atoms with Crippen LogP contribution in [0.15, 0.2) is 36.0 Å². The number of nitrogens with zero attached hydrogens (tertiary/aromatic N) is 1. The zero-order chi connectivity index (χ0) is 14.9. The van der Waals surface area contributed by atoms with E-state index in [1.165, 1.54) is 10.9 Å². The van der Waals surface area contributed by atoms with Gasteiger partial charge >= 0.3 is 0 Å². The summed E-state index contributed by atoms with van der Waals surface area (Å²) in [5, 5.41) is 3.40. The molecule has 0 saturated heterocycles. The summed E-state index contributed by atoms with van der Waals surface area (Å²) in [5.41, 5.74) is 2.89. The van der Waals surface area contributed by atoms with E-state index in [1.54, 1.807) is 30.6 Å². The standard InChI is InChI=1S/C16H21FN2OS/c1-20-6-5-18-10-14(9-16-11-19-12-21-16)7-13-3-2-4-15(17)8-13/h2-4,8,11-12,14,18H,5-7,9-10H2,1H3. The fourth-order valence-corrected chi connectivity index (χ4v) is 3.03. The van der Waals surface area contributed by atoms with E-state index in [2.05, 4.69) is 10.3 Å². The molecular weight excluding hydrogens is 287 g/mol. The predicted octanol–water partition coefficient (Wildman–Crippen LogP) is 2.92. The van der Waals surface area contributed by atoms with Crippen LogP contribution in [0.4, 0.5) is 4.39 Å². The fraction of sp³-hybridized carbons (Fsp3) is 0.438. The van der Waals surface area contributed by atoms with E-state index >= 15 is 0 Å². The van der Waals surface area contributed by atoms with Crippen molar-refractivity contribution in [3.05, 3.63) is 52.2 Å². The van der Waals surface area contributed by atoms with Gasteiger partial charge in [-0.25, -0.2) is 4.39 Å². The first kappa shape index (κ1) is 16.1. The van der Waals surface area contributed by atoms with Crippen molar-refractivity contribution in [2.45, 2.75) is 12.8 Å². The first-order valence-corrected chi connectivity index (χ1v) is 7.97. The lowest BCUT2D eigenvalue weighted by molar-refractivity contribution is 0.197. The molecule has 0 aliphatic carbocycles. The topological polar surface area (TPSA) is 34.1 Å². The molecule has 0 spiro atoms. The molecule has 0 aliphatic rings. The van der Waals surface area contributed by atoms with Gasteiger partial charge in [0.1, 0.15) is 5.82 Å². The Morgan fingerprint density at radius 1 is 1.38 bits per heavy atom. The molecule has 21 heavy (non-hydrogen) atoms. The minimum Gasteiger partial charge on any atom is -0.383 e. The molecule has 0 bridgehead atoms. The summed E-state index contributed by atoms with van der Waals surface area (Å²) in [4.78, 5) is 5.39. The van der Waals surface area contributed by atoms with Crippen LogP contribution in [0, 0.1) is 11.7 Å². The van der Waals surface area contributed by atoms with Crippen molar-refractivity contribution in [2.75, 3.05) is 26.8 Å². The monoisotopic (exact) mass is 308 g/mol. The largest absolute Gasteiger partial charge is 0.383 e. The van der Waals surface area contributed by atoms with Crippen molar-refractivity contribution in [3.8, 4) is 0 Å². The highest BCUT2D eigenvalue weighted by Crippen LogP contribution is 2.17. The molecule has 0 amide bonds. The predicted molar refractivity (Wildman–Crippen MR) is 84.2 cm³/mol. The SMILES string of the molecule is COCCNCC(Cc1cccc(F)c1)Cc1cncs1. The zero-order valence-electron chi connectivity index (χ0n) is 12.2. The zero-order valence-corrected chi connectivity index (χ0v) is 13.0. The Bertz CT molecular complexity index is 519. The van der Waals surface area contributed by atoms with Gasteiger partial charge in [-0.05, 0) is 43.0 Å². The first-order chi connectivity index (χ1) is 10.3. The van der Waals surface area contributed by atoms with Crippen molar-refractivity contribution >= 4 is 11.3 Å². The lowest BCUT2D eigenvalue weighted by Crippen LogP contribution is -2.28. The Kier molecular flexibility index (Phi) is 6.79.